The van der Waals surface area contributed by atoms with Gasteiger partial charge in [-0.15, -0.1) is 11.8 Å². The highest BCUT2D eigenvalue weighted by molar-refractivity contribution is 7.98. The van der Waals surface area contributed by atoms with Gasteiger partial charge in [-0.05, 0) is 35.9 Å². The lowest BCUT2D eigenvalue weighted by molar-refractivity contribution is 0.0857. The highest BCUT2D eigenvalue weighted by Crippen LogP contribution is 2.32. The maximum Gasteiger partial charge on any atom is 0.265 e. The molecule has 116 valence electrons. The van der Waals surface area contributed by atoms with Crippen molar-refractivity contribution in [2.45, 2.75) is 10.6 Å². The number of carbonyl (C=O) groups is 1. The Morgan fingerprint density at radius 3 is 2.68 bits per heavy atom. The third-order valence-electron chi connectivity index (χ3n) is 2.80. The average molecular weight is 355 g/mol. The minimum absolute atomic E-state index is 0.127. The largest absolute Gasteiger partial charge is 0.285 e. The number of nitrogens with one attached hydrogen (secondary N) is 1. The minimum Gasteiger partial charge on any atom is -0.285 e. The van der Waals surface area contributed by atoms with Crippen molar-refractivity contribution in [1.82, 2.24) is 10.4 Å². The summed E-state index contributed by atoms with van der Waals surface area (Å²) in [6.45, 7) is 0. The Morgan fingerprint density at radius 1 is 1.18 bits per heavy atom. The highest BCUT2D eigenvalue weighted by atomic mass is 35.5. The molecular formula is C16H16Cl2N2OS. The summed E-state index contributed by atoms with van der Waals surface area (Å²) in [6.07, 6.45) is 0. The van der Waals surface area contributed by atoms with E-state index in [1.54, 1.807) is 49.1 Å². The Morgan fingerprint density at radius 2 is 1.95 bits per heavy atom. The molecule has 0 fully saturated rings. The van der Waals surface area contributed by atoms with Crippen molar-refractivity contribution in [3.8, 4) is 0 Å². The number of thioether (sulfide) groups is 1. The molecule has 2 rings (SSSR count). The zero-order valence-corrected chi connectivity index (χ0v) is 14.6. The van der Waals surface area contributed by atoms with Crippen molar-refractivity contribution in [3.05, 3.63) is 63.6 Å². The molecule has 22 heavy (non-hydrogen) atoms. The predicted octanol–water partition coefficient (Wildman–Crippen LogP) is 4.49. The maximum absolute atomic E-state index is 12.0. The van der Waals surface area contributed by atoms with Crippen LogP contribution in [0, 0.1) is 0 Å². The van der Waals surface area contributed by atoms with Crippen LogP contribution in [0.4, 0.5) is 0 Å². The summed E-state index contributed by atoms with van der Waals surface area (Å²) in [4.78, 5) is 12.9. The molecule has 0 aliphatic carbocycles. The number of carbonyl (C=O) groups excluding carboxylic acids is 1. The molecule has 0 aliphatic rings. The lowest BCUT2D eigenvalue weighted by Crippen LogP contribution is -2.36. The first-order valence-corrected chi connectivity index (χ1v) is 8.35. The van der Waals surface area contributed by atoms with Gasteiger partial charge in [0.05, 0.1) is 5.02 Å². The zero-order valence-electron chi connectivity index (χ0n) is 12.3. The summed E-state index contributed by atoms with van der Waals surface area (Å²) in [5.41, 5.74) is 4.40. The number of amides is 1. The van der Waals surface area contributed by atoms with Gasteiger partial charge in [-0.3, -0.25) is 10.2 Å². The SMILES string of the molecule is CN(C)NC(=O)c1cccc(CSc2cc(Cl)ccc2Cl)c1. The molecule has 3 nitrogen and oxygen atoms in total. The molecule has 0 atom stereocenters. The molecule has 0 saturated heterocycles. The molecule has 1 N–H and O–H groups in total. The molecule has 2 aromatic rings. The molecule has 0 spiro atoms. The fourth-order valence-electron chi connectivity index (χ4n) is 1.82. The van der Waals surface area contributed by atoms with Crippen molar-refractivity contribution in [1.29, 1.82) is 0 Å². The number of hydrazine groups is 1. The van der Waals surface area contributed by atoms with Gasteiger partial charge in [0.15, 0.2) is 0 Å². The van der Waals surface area contributed by atoms with E-state index >= 15 is 0 Å². The molecule has 1 amide bonds. The first-order chi connectivity index (χ1) is 10.5. The first-order valence-electron chi connectivity index (χ1n) is 6.61. The molecule has 0 bridgehead atoms. The standard InChI is InChI=1S/C16H16Cl2N2OS/c1-20(2)19-16(21)12-5-3-4-11(8-12)10-22-15-9-13(17)6-7-14(15)18/h3-9H,10H2,1-2H3,(H,19,21). The van der Waals surface area contributed by atoms with E-state index in [-0.39, 0.29) is 5.91 Å². The normalized spacial score (nSPS) is 10.8. The van der Waals surface area contributed by atoms with Gasteiger partial charge >= 0.3 is 0 Å². The fraction of sp³-hybridized carbons (Fsp3) is 0.188. The van der Waals surface area contributed by atoms with E-state index in [1.165, 1.54) is 0 Å². The maximum atomic E-state index is 12.0. The summed E-state index contributed by atoms with van der Waals surface area (Å²) < 4.78 is 0. The highest BCUT2D eigenvalue weighted by Gasteiger charge is 2.08. The van der Waals surface area contributed by atoms with E-state index in [4.69, 9.17) is 23.2 Å². The second-order valence-electron chi connectivity index (χ2n) is 4.90. The molecule has 0 aliphatic heterocycles. The number of nitrogens with zero attached hydrogens (tertiary/aromatic N) is 1. The van der Waals surface area contributed by atoms with Crippen LogP contribution in [-0.2, 0) is 5.75 Å². The van der Waals surface area contributed by atoms with Gasteiger partial charge in [0.25, 0.3) is 5.91 Å². The number of hydrogen-bond donors (Lipinski definition) is 1. The van der Waals surface area contributed by atoms with Crippen molar-refractivity contribution in [2.24, 2.45) is 0 Å². The van der Waals surface area contributed by atoms with E-state index in [0.29, 0.717) is 21.4 Å². The molecule has 6 heteroatoms. The molecule has 0 heterocycles. The lowest BCUT2D eigenvalue weighted by Gasteiger charge is -2.12. The Kier molecular flexibility index (Phi) is 6.15. The van der Waals surface area contributed by atoms with Crippen LogP contribution in [0.15, 0.2) is 47.4 Å². The predicted molar refractivity (Wildman–Crippen MR) is 93.6 cm³/mol. The molecule has 0 unspecified atom stereocenters. The van der Waals surface area contributed by atoms with Gasteiger partial charge in [0, 0.05) is 35.3 Å². The summed E-state index contributed by atoms with van der Waals surface area (Å²) in [6, 6.07) is 12.9. The Balaban J connectivity index is 2.07. The van der Waals surface area contributed by atoms with E-state index in [1.807, 2.05) is 24.3 Å². The Hall–Kier alpha value is -1.20. The van der Waals surface area contributed by atoms with Crippen LogP contribution in [0.5, 0.6) is 0 Å². The van der Waals surface area contributed by atoms with Crippen molar-refractivity contribution in [3.63, 3.8) is 0 Å². The Bertz CT molecular complexity index is 677. The van der Waals surface area contributed by atoms with Crippen LogP contribution in [0.1, 0.15) is 15.9 Å². The van der Waals surface area contributed by atoms with Gasteiger partial charge in [-0.2, -0.15) is 0 Å². The fourth-order valence-corrected chi connectivity index (χ4v) is 3.25. The van der Waals surface area contributed by atoms with Crippen LogP contribution in [0.25, 0.3) is 0 Å². The van der Waals surface area contributed by atoms with Gasteiger partial charge in [0.1, 0.15) is 0 Å². The average Bonchev–Trinajstić information content (AvgIpc) is 2.48. The van der Waals surface area contributed by atoms with Crippen molar-refractivity contribution in [2.75, 3.05) is 14.1 Å². The molecule has 0 radical (unpaired) electrons. The molecule has 2 aromatic carbocycles. The number of halogens is 2. The van der Waals surface area contributed by atoms with Gasteiger partial charge in [-0.25, -0.2) is 5.01 Å². The van der Waals surface area contributed by atoms with Gasteiger partial charge in [-0.1, -0.05) is 35.3 Å². The van der Waals surface area contributed by atoms with E-state index in [9.17, 15) is 4.79 Å². The number of hydrogen-bond acceptors (Lipinski definition) is 3. The van der Waals surface area contributed by atoms with Gasteiger partial charge < -0.3 is 0 Å². The summed E-state index contributed by atoms with van der Waals surface area (Å²) >= 11 is 13.7. The second kappa shape index (κ2) is 7.88. The number of rotatable bonds is 5. The first kappa shape index (κ1) is 17.2. The van der Waals surface area contributed by atoms with E-state index < -0.39 is 0 Å². The summed E-state index contributed by atoms with van der Waals surface area (Å²) in [5.74, 6) is 0.584. The van der Waals surface area contributed by atoms with Crippen molar-refractivity contribution < 1.29 is 4.79 Å². The Labute approximate surface area is 144 Å². The second-order valence-corrected chi connectivity index (χ2v) is 6.76. The van der Waals surface area contributed by atoms with Crippen LogP contribution < -0.4 is 5.43 Å². The minimum atomic E-state index is -0.127. The third kappa shape index (κ3) is 4.92. The molecule has 0 saturated carbocycles. The number of benzene rings is 2. The van der Waals surface area contributed by atoms with E-state index in [0.717, 1.165) is 10.5 Å². The summed E-state index contributed by atoms with van der Waals surface area (Å²) in [5, 5.41) is 2.96. The molecule has 0 aromatic heterocycles. The quantitative estimate of drug-likeness (QED) is 0.634. The lowest BCUT2D eigenvalue weighted by atomic mass is 10.1. The van der Waals surface area contributed by atoms with E-state index in [2.05, 4.69) is 5.43 Å². The van der Waals surface area contributed by atoms with Crippen molar-refractivity contribution >= 4 is 40.9 Å². The molecular weight excluding hydrogens is 339 g/mol. The van der Waals surface area contributed by atoms with Crippen LogP contribution >= 0.6 is 35.0 Å². The zero-order chi connectivity index (χ0) is 16.1. The van der Waals surface area contributed by atoms with Crippen LogP contribution in [0.3, 0.4) is 0 Å². The third-order valence-corrected chi connectivity index (χ3v) is 4.61. The van der Waals surface area contributed by atoms with Gasteiger partial charge in [0.2, 0.25) is 0 Å². The van der Waals surface area contributed by atoms with Crippen LogP contribution in [0.2, 0.25) is 10.0 Å². The topological polar surface area (TPSA) is 32.3 Å². The summed E-state index contributed by atoms with van der Waals surface area (Å²) in [7, 11) is 3.55. The monoisotopic (exact) mass is 354 g/mol. The van der Waals surface area contributed by atoms with Crippen LogP contribution in [-0.4, -0.2) is 25.0 Å². The smallest absolute Gasteiger partial charge is 0.265 e.